The van der Waals surface area contributed by atoms with E-state index < -0.39 is 6.10 Å². The number of benzene rings is 1. The van der Waals surface area contributed by atoms with Crippen molar-refractivity contribution >= 4 is 0 Å². The molecule has 0 spiro atoms. The van der Waals surface area contributed by atoms with E-state index in [2.05, 4.69) is 4.90 Å². The van der Waals surface area contributed by atoms with Crippen molar-refractivity contribution < 1.29 is 9.84 Å². The Bertz CT molecular complexity index is 370. The highest BCUT2D eigenvalue weighted by molar-refractivity contribution is 5.29. The molecule has 1 aliphatic heterocycles. The van der Waals surface area contributed by atoms with Gasteiger partial charge in [0.2, 0.25) is 0 Å². The molecule has 0 saturated carbocycles. The highest BCUT2D eigenvalue weighted by atomic mass is 16.5. The average Bonchev–Trinajstić information content (AvgIpc) is 2.75. The van der Waals surface area contributed by atoms with E-state index in [4.69, 9.17) is 10.5 Å². The summed E-state index contributed by atoms with van der Waals surface area (Å²) in [5, 5.41) is 10.1. The number of aliphatic hydroxyl groups is 1. The third kappa shape index (κ3) is 3.19. The van der Waals surface area contributed by atoms with Gasteiger partial charge in [0, 0.05) is 19.1 Å². The average molecular weight is 236 g/mol. The fraction of sp³-hybridized carbons (Fsp3) is 0.538. The van der Waals surface area contributed by atoms with Crippen LogP contribution < -0.4 is 10.5 Å². The highest BCUT2D eigenvalue weighted by Gasteiger charge is 2.21. The van der Waals surface area contributed by atoms with Crippen LogP contribution in [0.25, 0.3) is 0 Å². The number of nitrogens with two attached hydrogens (primary N) is 1. The van der Waals surface area contributed by atoms with Gasteiger partial charge in [-0.25, -0.2) is 0 Å². The summed E-state index contributed by atoms with van der Waals surface area (Å²) < 4.78 is 5.15. The zero-order chi connectivity index (χ0) is 12.3. The van der Waals surface area contributed by atoms with Gasteiger partial charge in [-0.05, 0) is 30.7 Å². The zero-order valence-corrected chi connectivity index (χ0v) is 10.2. The first-order valence-corrected chi connectivity index (χ1v) is 5.99. The molecule has 2 unspecified atom stereocenters. The molecule has 0 amide bonds. The zero-order valence-electron chi connectivity index (χ0n) is 10.2. The van der Waals surface area contributed by atoms with Crippen LogP contribution in [-0.4, -0.2) is 42.8 Å². The first-order valence-electron chi connectivity index (χ1n) is 5.99. The molecule has 0 aromatic heterocycles. The summed E-state index contributed by atoms with van der Waals surface area (Å²) in [4.78, 5) is 2.20. The molecule has 1 aromatic carbocycles. The molecule has 2 rings (SSSR count). The number of methoxy groups -OCH3 is 1. The SMILES string of the molecule is COc1cccc(C(O)CN2CCC(N)C2)c1. The Balaban J connectivity index is 1.96. The number of likely N-dealkylation sites (tertiary alicyclic amines) is 1. The smallest absolute Gasteiger partial charge is 0.119 e. The lowest BCUT2D eigenvalue weighted by Crippen LogP contribution is -2.30. The number of nitrogens with zero attached hydrogens (tertiary/aromatic N) is 1. The molecular formula is C13H20N2O2. The van der Waals surface area contributed by atoms with Gasteiger partial charge in [0.25, 0.3) is 0 Å². The first kappa shape index (κ1) is 12.4. The lowest BCUT2D eigenvalue weighted by atomic mass is 10.1. The molecule has 0 aliphatic carbocycles. The molecule has 3 N–H and O–H groups in total. The second-order valence-corrected chi connectivity index (χ2v) is 4.60. The van der Waals surface area contributed by atoms with Crippen LogP contribution in [0.15, 0.2) is 24.3 Å². The van der Waals surface area contributed by atoms with Crippen molar-refractivity contribution in [1.29, 1.82) is 0 Å². The van der Waals surface area contributed by atoms with Gasteiger partial charge < -0.3 is 15.6 Å². The standard InChI is InChI=1S/C13H20N2O2/c1-17-12-4-2-3-10(7-12)13(16)9-15-6-5-11(14)8-15/h2-4,7,11,13,16H,5-6,8-9,14H2,1H3. The molecule has 1 saturated heterocycles. The Hall–Kier alpha value is -1.10. The van der Waals surface area contributed by atoms with Crippen molar-refractivity contribution in [2.24, 2.45) is 5.73 Å². The third-order valence-corrected chi connectivity index (χ3v) is 3.22. The maximum atomic E-state index is 10.1. The summed E-state index contributed by atoms with van der Waals surface area (Å²) in [6.07, 6.45) is 0.542. The van der Waals surface area contributed by atoms with Crippen LogP contribution in [0.1, 0.15) is 18.1 Å². The van der Waals surface area contributed by atoms with Crippen molar-refractivity contribution in [2.75, 3.05) is 26.7 Å². The fourth-order valence-electron chi connectivity index (χ4n) is 2.23. The monoisotopic (exact) mass is 236 g/mol. The maximum absolute atomic E-state index is 10.1. The van der Waals surface area contributed by atoms with Crippen LogP contribution in [0.5, 0.6) is 5.75 Å². The second kappa shape index (κ2) is 5.49. The van der Waals surface area contributed by atoms with Crippen molar-refractivity contribution in [2.45, 2.75) is 18.6 Å². The summed E-state index contributed by atoms with van der Waals surface area (Å²) in [6, 6.07) is 7.83. The molecule has 1 heterocycles. The Labute approximate surface area is 102 Å². The third-order valence-electron chi connectivity index (χ3n) is 3.22. The fourth-order valence-corrected chi connectivity index (χ4v) is 2.23. The normalized spacial score (nSPS) is 22.6. The number of β-amino-alcohol motifs (C(OH)–C–C–N with tert-alkyl or cyclic N) is 1. The molecule has 0 radical (unpaired) electrons. The van der Waals surface area contributed by atoms with Crippen LogP contribution in [-0.2, 0) is 0 Å². The Morgan fingerprint density at radius 3 is 3.06 bits per heavy atom. The van der Waals surface area contributed by atoms with Gasteiger partial charge in [0.05, 0.1) is 13.2 Å². The summed E-state index contributed by atoms with van der Waals surface area (Å²) in [7, 11) is 1.63. The topological polar surface area (TPSA) is 58.7 Å². The summed E-state index contributed by atoms with van der Waals surface area (Å²) in [5.41, 5.74) is 6.74. The minimum atomic E-state index is -0.476. The van der Waals surface area contributed by atoms with Crippen molar-refractivity contribution in [1.82, 2.24) is 4.90 Å². The molecule has 4 nitrogen and oxygen atoms in total. The molecule has 1 aromatic rings. The van der Waals surface area contributed by atoms with Crippen LogP contribution in [0.3, 0.4) is 0 Å². The molecule has 4 heteroatoms. The highest BCUT2D eigenvalue weighted by Crippen LogP contribution is 2.21. The van der Waals surface area contributed by atoms with Gasteiger partial charge in [0.1, 0.15) is 5.75 Å². The van der Waals surface area contributed by atoms with Gasteiger partial charge in [-0.1, -0.05) is 12.1 Å². The van der Waals surface area contributed by atoms with Gasteiger partial charge in [-0.3, -0.25) is 4.90 Å². The first-order chi connectivity index (χ1) is 8.19. The van der Waals surface area contributed by atoms with E-state index in [1.165, 1.54) is 0 Å². The number of aliphatic hydroxyl groups excluding tert-OH is 1. The van der Waals surface area contributed by atoms with Crippen LogP contribution >= 0.6 is 0 Å². The van der Waals surface area contributed by atoms with Crippen LogP contribution in [0.2, 0.25) is 0 Å². The van der Waals surface area contributed by atoms with E-state index >= 15 is 0 Å². The number of ether oxygens (including phenoxy) is 1. The van der Waals surface area contributed by atoms with Gasteiger partial charge in [0.15, 0.2) is 0 Å². The molecule has 94 valence electrons. The molecule has 17 heavy (non-hydrogen) atoms. The predicted molar refractivity (Wildman–Crippen MR) is 67.0 cm³/mol. The van der Waals surface area contributed by atoms with E-state index in [-0.39, 0.29) is 6.04 Å². The molecule has 1 aliphatic rings. The summed E-state index contributed by atoms with van der Waals surface area (Å²) in [5.74, 6) is 0.777. The number of hydrogen-bond donors (Lipinski definition) is 2. The Kier molecular flexibility index (Phi) is 3.99. The van der Waals surface area contributed by atoms with E-state index in [1.54, 1.807) is 7.11 Å². The minimum absolute atomic E-state index is 0.257. The predicted octanol–water partition coefficient (Wildman–Crippen LogP) is 0.762. The van der Waals surface area contributed by atoms with Crippen molar-refractivity contribution in [3.05, 3.63) is 29.8 Å². The summed E-state index contributed by atoms with van der Waals surface area (Å²) in [6.45, 7) is 2.49. The number of rotatable bonds is 4. The minimum Gasteiger partial charge on any atom is -0.497 e. The van der Waals surface area contributed by atoms with Gasteiger partial charge in [-0.15, -0.1) is 0 Å². The quantitative estimate of drug-likeness (QED) is 0.810. The molecule has 1 fully saturated rings. The van der Waals surface area contributed by atoms with Crippen LogP contribution in [0.4, 0.5) is 0 Å². The van der Waals surface area contributed by atoms with E-state index in [1.807, 2.05) is 24.3 Å². The van der Waals surface area contributed by atoms with E-state index in [0.717, 1.165) is 30.8 Å². The molecular weight excluding hydrogens is 216 g/mol. The molecule has 0 bridgehead atoms. The molecule has 2 atom stereocenters. The van der Waals surface area contributed by atoms with E-state index in [9.17, 15) is 5.11 Å². The second-order valence-electron chi connectivity index (χ2n) is 4.60. The maximum Gasteiger partial charge on any atom is 0.119 e. The largest absolute Gasteiger partial charge is 0.497 e. The van der Waals surface area contributed by atoms with E-state index in [0.29, 0.717) is 6.54 Å². The lowest BCUT2D eigenvalue weighted by molar-refractivity contribution is 0.125. The van der Waals surface area contributed by atoms with Crippen molar-refractivity contribution in [3.63, 3.8) is 0 Å². The van der Waals surface area contributed by atoms with Crippen molar-refractivity contribution in [3.8, 4) is 5.75 Å². The van der Waals surface area contributed by atoms with Crippen LogP contribution in [0, 0.1) is 0 Å². The lowest BCUT2D eigenvalue weighted by Gasteiger charge is -2.20. The van der Waals surface area contributed by atoms with Gasteiger partial charge in [-0.2, -0.15) is 0 Å². The van der Waals surface area contributed by atoms with Gasteiger partial charge >= 0.3 is 0 Å². The number of hydrogen-bond acceptors (Lipinski definition) is 4. The summed E-state index contributed by atoms with van der Waals surface area (Å²) >= 11 is 0. The Morgan fingerprint density at radius 2 is 2.41 bits per heavy atom. The Morgan fingerprint density at radius 1 is 1.59 bits per heavy atom.